The Bertz CT molecular complexity index is 1830. The number of anilines is 2. The number of carbonyl (C=O) groups is 2. The quantitative estimate of drug-likeness (QED) is 0.166. The summed E-state index contributed by atoms with van der Waals surface area (Å²) in [6.45, 7) is 7.49. The van der Waals surface area contributed by atoms with Crippen LogP contribution in [0.4, 0.5) is 17.1 Å². The number of fused-ring (bicyclic) bond motifs is 1. The summed E-state index contributed by atoms with van der Waals surface area (Å²) in [5, 5.41) is 18.5. The van der Waals surface area contributed by atoms with E-state index in [0.29, 0.717) is 45.5 Å². The fourth-order valence-electron chi connectivity index (χ4n) is 5.25. The Balaban J connectivity index is 1.21. The summed E-state index contributed by atoms with van der Waals surface area (Å²) in [6, 6.07) is 21.7. The first kappa shape index (κ1) is 27.9. The number of aromatic nitrogens is 3. The number of hydrogen-bond donors (Lipinski definition) is 3. The van der Waals surface area contributed by atoms with Crippen LogP contribution in [-0.2, 0) is 11.3 Å². The number of rotatable bonds is 8. The number of nitrogens with zero attached hydrogens (tertiary/aromatic N) is 4. The van der Waals surface area contributed by atoms with Gasteiger partial charge in [0.05, 0.1) is 30.2 Å². The molecule has 0 saturated carbocycles. The zero-order valence-electron chi connectivity index (χ0n) is 24.0. The summed E-state index contributed by atoms with van der Waals surface area (Å²) < 4.78 is 7.07. The molecule has 10 heteroatoms. The van der Waals surface area contributed by atoms with Gasteiger partial charge in [-0.05, 0) is 74.5 Å². The summed E-state index contributed by atoms with van der Waals surface area (Å²) in [5.41, 5.74) is 5.62. The largest absolute Gasteiger partial charge is 0.494 e. The predicted molar refractivity (Wildman–Crippen MR) is 167 cm³/mol. The highest BCUT2D eigenvalue weighted by Gasteiger charge is 2.17. The van der Waals surface area contributed by atoms with Gasteiger partial charge in [0, 0.05) is 59.3 Å². The van der Waals surface area contributed by atoms with Crippen molar-refractivity contribution in [3.8, 4) is 5.88 Å². The SMILES string of the molecule is CCn1nc(C)cc1C(=O)Nc1cccc(C(=O)c2ccc3[nH]c(O)c(C=Nc4ccc(N5CCOCC5)cc4)c3c2)c1. The monoisotopic (exact) mass is 576 g/mol. The van der Waals surface area contributed by atoms with E-state index < -0.39 is 0 Å². The van der Waals surface area contributed by atoms with Gasteiger partial charge in [-0.2, -0.15) is 5.10 Å². The van der Waals surface area contributed by atoms with Gasteiger partial charge in [-0.15, -0.1) is 0 Å². The van der Waals surface area contributed by atoms with Crippen molar-refractivity contribution >= 4 is 45.9 Å². The van der Waals surface area contributed by atoms with E-state index >= 15 is 0 Å². The van der Waals surface area contributed by atoms with Crippen molar-refractivity contribution in [2.75, 3.05) is 36.5 Å². The number of H-pyrrole nitrogens is 1. The summed E-state index contributed by atoms with van der Waals surface area (Å²) in [6.07, 6.45) is 1.60. The number of nitrogens with one attached hydrogen (secondary N) is 2. The lowest BCUT2D eigenvalue weighted by Crippen LogP contribution is -2.36. The molecule has 1 aliphatic rings. The third kappa shape index (κ3) is 5.91. The number of aliphatic imine (C=N–C) groups is 1. The van der Waals surface area contributed by atoms with Gasteiger partial charge in [0.2, 0.25) is 0 Å². The van der Waals surface area contributed by atoms with Crippen molar-refractivity contribution in [1.82, 2.24) is 14.8 Å². The summed E-state index contributed by atoms with van der Waals surface area (Å²) in [4.78, 5) is 36.2. The smallest absolute Gasteiger partial charge is 0.273 e. The maximum absolute atomic E-state index is 13.5. The lowest BCUT2D eigenvalue weighted by atomic mass is 10.0. The lowest BCUT2D eigenvalue weighted by Gasteiger charge is -2.28. The molecule has 10 nitrogen and oxygen atoms in total. The second kappa shape index (κ2) is 11.9. The number of benzene rings is 3. The third-order valence-electron chi connectivity index (χ3n) is 7.47. The normalized spacial score (nSPS) is 13.6. The van der Waals surface area contributed by atoms with Crippen LogP contribution in [0.2, 0.25) is 0 Å². The molecule has 6 rings (SSSR count). The van der Waals surface area contributed by atoms with E-state index in [4.69, 9.17) is 4.74 Å². The maximum Gasteiger partial charge on any atom is 0.273 e. The summed E-state index contributed by atoms with van der Waals surface area (Å²) >= 11 is 0. The van der Waals surface area contributed by atoms with Gasteiger partial charge in [-0.25, -0.2) is 0 Å². The number of aryl methyl sites for hydroxylation is 2. The number of amides is 1. The molecule has 1 amide bonds. The van der Waals surface area contributed by atoms with Crippen molar-refractivity contribution in [3.05, 3.63) is 101 Å². The van der Waals surface area contributed by atoms with Gasteiger partial charge in [0.25, 0.3) is 5.91 Å². The molecular formula is C33H32N6O4. The van der Waals surface area contributed by atoms with Crippen LogP contribution in [-0.4, -0.2) is 64.1 Å². The molecule has 1 saturated heterocycles. The van der Waals surface area contributed by atoms with E-state index in [1.807, 2.05) is 38.1 Å². The van der Waals surface area contributed by atoms with Gasteiger partial charge < -0.3 is 25.0 Å². The van der Waals surface area contributed by atoms with Gasteiger partial charge in [0.15, 0.2) is 11.7 Å². The molecule has 5 aromatic rings. The molecule has 2 aromatic heterocycles. The number of carbonyl (C=O) groups excluding carboxylic acids is 2. The Morgan fingerprint density at radius 3 is 2.58 bits per heavy atom. The number of aromatic hydroxyl groups is 1. The molecule has 43 heavy (non-hydrogen) atoms. The summed E-state index contributed by atoms with van der Waals surface area (Å²) in [5.74, 6) is -0.537. The highest BCUT2D eigenvalue weighted by molar-refractivity contribution is 6.13. The number of ether oxygens (including phenoxy) is 1. The first-order valence-corrected chi connectivity index (χ1v) is 14.2. The minimum Gasteiger partial charge on any atom is -0.494 e. The molecular weight excluding hydrogens is 544 g/mol. The van der Waals surface area contributed by atoms with E-state index in [1.54, 1.807) is 59.4 Å². The van der Waals surface area contributed by atoms with Crippen molar-refractivity contribution in [3.63, 3.8) is 0 Å². The fraction of sp³-hybridized carbons (Fsp3) is 0.212. The Labute approximate surface area is 248 Å². The average Bonchev–Trinajstić information content (AvgIpc) is 3.58. The van der Waals surface area contributed by atoms with Gasteiger partial charge in [-0.3, -0.25) is 19.3 Å². The molecule has 0 aliphatic carbocycles. The van der Waals surface area contributed by atoms with Crippen molar-refractivity contribution in [1.29, 1.82) is 0 Å². The molecule has 0 radical (unpaired) electrons. The second-order valence-corrected chi connectivity index (χ2v) is 10.4. The molecule has 3 heterocycles. The Hall–Kier alpha value is -5.22. The summed E-state index contributed by atoms with van der Waals surface area (Å²) in [7, 11) is 0. The Kier molecular flexibility index (Phi) is 7.76. The van der Waals surface area contributed by atoms with Crippen molar-refractivity contribution in [2.45, 2.75) is 20.4 Å². The van der Waals surface area contributed by atoms with Gasteiger partial charge >= 0.3 is 0 Å². The second-order valence-electron chi connectivity index (χ2n) is 10.4. The van der Waals surface area contributed by atoms with Crippen LogP contribution < -0.4 is 10.2 Å². The minimum atomic E-state index is -0.295. The van der Waals surface area contributed by atoms with Crippen LogP contribution in [0.5, 0.6) is 5.88 Å². The fourth-order valence-corrected chi connectivity index (χ4v) is 5.25. The average molecular weight is 577 g/mol. The molecule has 0 atom stereocenters. The molecule has 1 aliphatic heterocycles. The van der Waals surface area contributed by atoms with Crippen LogP contribution in [0, 0.1) is 6.92 Å². The highest BCUT2D eigenvalue weighted by atomic mass is 16.5. The van der Waals surface area contributed by atoms with Crippen LogP contribution in [0.25, 0.3) is 10.9 Å². The Morgan fingerprint density at radius 2 is 1.81 bits per heavy atom. The number of morpholine rings is 1. The van der Waals surface area contributed by atoms with Crippen molar-refractivity contribution in [2.24, 2.45) is 4.99 Å². The molecule has 218 valence electrons. The first-order valence-electron chi connectivity index (χ1n) is 14.2. The van der Waals surface area contributed by atoms with E-state index in [0.717, 1.165) is 43.4 Å². The predicted octanol–water partition coefficient (Wildman–Crippen LogP) is 5.47. The van der Waals surface area contributed by atoms with Crippen molar-refractivity contribution < 1.29 is 19.4 Å². The lowest BCUT2D eigenvalue weighted by molar-refractivity contribution is 0.101. The Morgan fingerprint density at radius 1 is 1.05 bits per heavy atom. The van der Waals surface area contributed by atoms with Crippen LogP contribution in [0.1, 0.15) is 44.6 Å². The maximum atomic E-state index is 13.5. The standard InChI is InChI=1S/C33H32N6O4/c1-3-39-30(17-21(2)37-39)33(42)35-25-6-4-5-22(18-25)31(40)23-7-12-29-27(19-23)28(32(41)36-29)20-34-24-8-10-26(11-9-24)38-13-15-43-16-14-38/h4-12,17-20,36,41H,3,13-16H2,1-2H3,(H,35,42). The first-order chi connectivity index (χ1) is 20.9. The number of hydrogen-bond acceptors (Lipinski definition) is 7. The van der Waals surface area contributed by atoms with Crippen LogP contribution in [0.3, 0.4) is 0 Å². The van der Waals surface area contributed by atoms with E-state index in [1.165, 1.54) is 0 Å². The molecule has 1 fully saturated rings. The molecule has 0 bridgehead atoms. The molecule has 3 N–H and O–H groups in total. The van der Waals surface area contributed by atoms with Gasteiger partial charge in [0.1, 0.15) is 5.69 Å². The number of aromatic amines is 1. The third-order valence-corrected chi connectivity index (χ3v) is 7.47. The van der Waals surface area contributed by atoms with Crippen LogP contribution >= 0.6 is 0 Å². The molecule has 0 unspecified atom stereocenters. The molecule has 0 spiro atoms. The van der Waals surface area contributed by atoms with E-state index in [9.17, 15) is 14.7 Å². The number of ketones is 1. The minimum absolute atomic E-state index is 0.0282. The molecule has 3 aromatic carbocycles. The van der Waals surface area contributed by atoms with Gasteiger partial charge in [-0.1, -0.05) is 12.1 Å². The van der Waals surface area contributed by atoms with E-state index in [2.05, 4.69) is 25.3 Å². The topological polar surface area (TPSA) is 125 Å². The van der Waals surface area contributed by atoms with E-state index in [-0.39, 0.29) is 17.6 Å². The highest BCUT2D eigenvalue weighted by Crippen LogP contribution is 2.29. The zero-order chi connectivity index (χ0) is 29.9. The van der Waals surface area contributed by atoms with Crippen LogP contribution in [0.15, 0.2) is 77.8 Å². The zero-order valence-corrected chi connectivity index (χ0v) is 24.0.